The van der Waals surface area contributed by atoms with Gasteiger partial charge in [-0.15, -0.1) is 0 Å². The van der Waals surface area contributed by atoms with Crippen molar-refractivity contribution in [1.82, 2.24) is 0 Å². The number of carbonyl (C=O) groups is 1. The molecule has 1 N–H and O–H groups in total. The number of nitrogens with one attached hydrogen (secondary N) is 1. The van der Waals surface area contributed by atoms with Crippen molar-refractivity contribution in [3.8, 4) is 0 Å². The number of nitrogens with zero attached hydrogens (tertiary/aromatic N) is 1. The molecule has 0 unspecified atom stereocenters. The first kappa shape index (κ1) is 15.6. The van der Waals surface area contributed by atoms with Crippen LogP contribution in [-0.2, 0) is 9.47 Å². The molecular formula is C16H24N2O3. The Morgan fingerprint density at radius 2 is 1.90 bits per heavy atom. The molecule has 1 heterocycles. The van der Waals surface area contributed by atoms with E-state index in [2.05, 4.69) is 16.3 Å². The Balaban J connectivity index is 2.09. The van der Waals surface area contributed by atoms with E-state index in [4.69, 9.17) is 9.47 Å². The van der Waals surface area contributed by atoms with Crippen LogP contribution < -0.4 is 10.2 Å². The highest BCUT2D eigenvalue weighted by atomic mass is 16.6. The van der Waals surface area contributed by atoms with E-state index in [0.29, 0.717) is 0 Å². The summed E-state index contributed by atoms with van der Waals surface area (Å²) >= 11 is 0. The van der Waals surface area contributed by atoms with E-state index in [1.165, 1.54) is 0 Å². The van der Waals surface area contributed by atoms with Crippen molar-refractivity contribution in [3.63, 3.8) is 0 Å². The summed E-state index contributed by atoms with van der Waals surface area (Å²) in [5.41, 5.74) is 2.46. The summed E-state index contributed by atoms with van der Waals surface area (Å²) in [6.07, 6.45) is -0.430. The summed E-state index contributed by atoms with van der Waals surface area (Å²) in [4.78, 5) is 14.1. The van der Waals surface area contributed by atoms with Gasteiger partial charge in [-0.3, -0.25) is 5.32 Å². The van der Waals surface area contributed by atoms with Crippen molar-refractivity contribution in [3.05, 3.63) is 23.8 Å². The van der Waals surface area contributed by atoms with Crippen LogP contribution in [0.1, 0.15) is 26.3 Å². The van der Waals surface area contributed by atoms with Gasteiger partial charge in [-0.25, -0.2) is 4.79 Å². The van der Waals surface area contributed by atoms with Gasteiger partial charge in [0.25, 0.3) is 0 Å². The van der Waals surface area contributed by atoms with E-state index in [1.807, 2.05) is 39.8 Å². The van der Waals surface area contributed by atoms with Crippen molar-refractivity contribution in [2.75, 3.05) is 36.5 Å². The highest BCUT2D eigenvalue weighted by Gasteiger charge is 2.17. The van der Waals surface area contributed by atoms with Crippen molar-refractivity contribution in [1.29, 1.82) is 0 Å². The molecule has 1 fully saturated rings. The molecule has 0 bridgehead atoms. The van der Waals surface area contributed by atoms with Crippen molar-refractivity contribution in [2.45, 2.75) is 33.3 Å². The zero-order chi connectivity index (χ0) is 15.5. The van der Waals surface area contributed by atoms with Crippen LogP contribution in [0.25, 0.3) is 0 Å². The van der Waals surface area contributed by atoms with E-state index in [0.717, 1.165) is 43.2 Å². The first-order valence-electron chi connectivity index (χ1n) is 7.28. The zero-order valence-electron chi connectivity index (χ0n) is 13.2. The molecule has 1 aliphatic heterocycles. The molecule has 0 aliphatic carbocycles. The number of hydrogen-bond acceptors (Lipinski definition) is 4. The maximum absolute atomic E-state index is 11.9. The Bertz CT molecular complexity index is 503. The van der Waals surface area contributed by atoms with Gasteiger partial charge in [0.15, 0.2) is 0 Å². The van der Waals surface area contributed by atoms with Crippen LogP contribution in [0.5, 0.6) is 0 Å². The third-order valence-corrected chi connectivity index (χ3v) is 3.08. The number of morpholine rings is 1. The maximum atomic E-state index is 11.9. The van der Waals surface area contributed by atoms with Gasteiger partial charge in [0.2, 0.25) is 0 Å². The zero-order valence-corrected chi connectivity index (χ0v) is 13.2. The molecule has 1 saturated heterocycles. The number of amides is 1. The fourth-order valence-corrected chi connectivity index (χ4v) is 2.26. The van der Waals surface area contributed by atoms with E-state index in [9.17, 15) is 4.79 Å². The van der Waals surface area contributed by atoms with Crippen LogP contribution in [0.15, 0.2) is 18.2 Å². The summed E-state index contributed by atoms with van der Waals surface area (Å²) in [5.74, 6) is 0. The second kappa shape index (κ2) is 6.35. The summed E-state index contributed by atoms with van der Waals surface area (Å²) in [5, 5.41) is 2.80. The standard InChI is InChI=1S/C16H24N2O3/c1-12-9-13(17-15(19)21-16(2,3)4)11-14(10-12)18-5-7-20-8-6-18/h9-11H,5-8H2,1-4H3,(H,17,19). The SMILES string of the molecule is Cc1cc(NC(=O)OC(C)(C)C)cc(N2CCOCC2)c1. The van der Waals surface area contributed by atoms with Gasteiger partial charge >= 0.3 is 6.09 Å². The van der Waals surface area contributed by atoms with E-state index >= 15 is 0 Å². The van der Waals surface area contributed by atoms with Crippen LogP contribution in [0.2, 0.25) is 0 Å². The fourth-order valence-electron chi connectivity index (χ4n) is 2.26. The lowest BCUT2D eigenvalue weighted by Gasteiger charge is -2.29. The second-order valence-corrected chi connectivity index (χ2v) is 6.28. The highest BCUT2D eigenvalue weighted by Crippen LogP contribution is 2.23. The topological polar surface area (TPSA) is 50.8 Å². The largest absolute Gasteiger partial charge is 0.444 e. The first-order chi connectivity index (χ1) is 9.83. The molecule has 21 heavy (non-hydrogen) atoms. The number of rotatable bonds is 2. The molecule has 5 heteroatoms. The monoisotopic (exact) mass is 292 g/mol. The van der Waals surface area contributed by atoms with E-state index in [1.54, 1.807) is 0 Å². The molecule has 0 aromatic heterocycles. The van der Waals surface area contributed by atoms with Gasteiger partial charge in [0, 0.05) is 24.5 Å². The second-order valence-electron chi connectivity index (χ2n) is 6.28. The lowest BCUT2D eigenvalue weighted by molar-refractivity contribution is 0.0636. The molecule has 0 atom stereocenters. The van der Waals surface area contributed by atoms with Crippen molar-refractivity contribution >= 4 is 17.5 Å². The Morgan fingerprint density at radius 1 is 1.24 bits per heavy atom. The summed E-state index contributed by atoms with van der Waals surface area (Å²) < 4.78 is 10.7. The Kier molecular flexibility index (Phi) is 4.73. The highest BCUT2D eigenvalue weighted by molar-refractivity contribution is 5.86. The molecule has 0 spiro atoms. The number of benzene rings is 1. The van der Waals surface area contributed by atoms with Gasteiger partial charge in [0.1, 0.15) is 5.60 Å². The summed E-state index contributed by atoms with van der Waals surface area (Å²) in [6, 6.07) is 6.03. The van der Waals surface area contributed by atoms with E-state index in [-0.39, 0.29) is 0 Å². The Labute approximate surface area is 126 Å². The minimum Gasteiger partial charge on any atom is -0.444 e. The fraction of sp³-hybridized carbons (Fsp3) is 0.562. The van der Waals surface area contributed by atoms with Crippen molar-refractivity contribution in [2.24, 2.45) is 0 Å². The predicted octanol–water partition coefficient (Wildman–Crippen LogP) is 3.18. The number of aryl methyl sites for hydroxylation is 1. The molecule has 1 aliphatic rings. The smallest absolute Gasteiger partial charge is 0.412 e. The molecule has 0 saturated carbocycles. The summed E-state index contributed by atoms with van der Waals surface area (Å²) in [6.45, 7) is 10.8. The average Bonchev–Trinajstić information content (AvgIpc) is 2.36. The summed E-state index contributed by atoms with van der Waals surface area (Å²) in [7, 11) is 0. The maximum Gasteiger partial charge on any atom is 0.412 e. The molecule has 116 valence electrons. The Hall–Kier alpha value is -1.75. The van der Waals surface area contributed by atoms with Gasteiger partial charge in [-0.05, 0) is 51.5 Å². The van der Waals surface area contributed by atoms with Crippen LogP contribution in [0.3, 0.4) is 0 Å². The average molecular weight is 292 g/mol. The molecule has 5 nitrogen and oxygen atoms in total. The van der Waals surface area contributed by atoms with Crippen LogP contribution in [0, 0.1) is 6.92 Å². The van der Waals surface area contributed by atoms with Gasteiger partial charge in [-0.1, -0.05) is 0 Å². The molecule has 1 aromatic carbocycles. The van der Waals surface area contributed by atoms with Crippen LogP contribution in [0.4, 0.5) is 16.2 Å². The molecule has 1 amide bonds. The van der Waals surface area contributed by atoms with Crippen molar-refractivity contribution < 1.29 is 14.3 Å². The van der Waals surface area contributed by atoms with Gasteiger partial charge in [0.05, 0.1) is 13.2 Å². The van der Waals surface area contributed by atoms with Gasteiger partial charge < -0.3 is 14.4 Å². The molecule has 1 aromatic rings. The third kappa shape index (κ3) is 4.93. The minimum atomic E-state index is -0.499. The predicted molar refractivity (Wildman–Crippen MR) is 84.1 cm³/mol. The quantitative estimate of drug-likeness (QED) is 0.909. The van der Waals surface area contributed by atoms with Crippen LogP contribution in [-0.4, -0.2) is 38.0 Å². The number of hydrogen-bond donors (Lipinski definition) is 1. The first-order valence-corrected chi connectivity index (χ1v) is 7.28. The number of carbonyl (C=O) groups excluding carboxylic acids is 1. The molecule has 0 radical (unpaired) electrons. The number of ether oxygens (including phenoxy) is 2. The normalized spacial score (nSPS) is 15.7. The van der Waals surface area contributed by atoms with Crippen LogP contribution >= 0.6 is 0 Å². The minimum absolute atomic E-state index is 0.430. The van der Waals surface area contributed by atoms with Gasteiger partial charge in [-0.2, -0.15) is 0 Å². The number of anilines is 2. The lowest BCUT2D eigenvalue weighted by Crippen LogP contribution is -2.36. The third-order valence-electron chi connectivity index (χ3n) is 3.08. The Morgan fingerprint density at radius 3 is 2.52 bits per heavy atom. The lowest BCUT2D eigenvalue weighted by atomic mass is 10.1. The molecule has 2 rings (SSSR count). The van der Waals surface area contributed by atoms with E-state index < -0.39 is 11.7 Å². The molecular weight excluding hydrogens is 268 g/mol.